The lowest BCUT2D eigenvalue weighted by Gasteiger charge is -2.17. The van der Waals surface area contributed by atoms with Gasteiger partial charge in [-0.2, -0.15) is 4.31 Å². The van der Waals surface area contributed by atoms with Gasteiger partial charge in [0.2, 0.25) is 10.0 Å². The SMILES string of the molecule is CN(Cc1ccccc1)S(=O)(=O)c1ccccc1O. The molecule has 2 aromatic carbocycles. The molecular weight excluding hydrogens is 262 g/mol. The first-order valence-corrected chi connectivity index (χ1v) is 7.24. The molecule has 4 nitrogen and oxygen atoms in total. The molecule has 0 aliphatic heterocycles. The second-order valence-electron chi connectivity index (χ2n) is 4.21. The van der Waals surface area contributed by atoms with E-state index in [1.165, 1.54) is 23.5 Å². The maximum atomic E-state index is 12.3. The second-order valence-corrected chi connectivity index (χ2v) is 6.23. The van der Waals surface area contributed by atoms with Crippen molar-refractivity contribution in [1.29, 1.82) is 0 Å². The van der Waals surface area contributed by atoms with Gasteiger partial charge in [0, 0.05) is 13.6 Å². The van der Waals surface area contributed by atoms with E-state index < -0.39 is 10.0 Å². The van der Waals surface area contributed by atoms with Gasteiger partial charge < -0.3 is 5.11 Å². The fourth-order valence-electron chi connectivity index (χ4n) is 1.77. The Morgan fingerprint density at radius 3 is 2.21 bits per heavy atom. The summed E-state index contributed by atoms with van der Waals surface area (Å²) in [5.41, 5.74) is 0.893. The maximum Gasteiger partial charge on any atom is 0.246 e. The number of sulfonamides is 1. The van der Waals surface area contributed by atoms with E-state index in [0.29, 0.717) is 0 Å². The third-order valence-corrected chi connectivity index (χ3v) is 4.65. The molecule has 0 saturated heterocycles. The highest BCUT2D eigenvalue weighted by molar-refractivity contribution is 7.89. The summed E-state index contributed by atoms with van der Waals surface area (Å²) < 4.78 is 25.9. The Bertz CT molecular complexity index is 653. The van der Waals surface area contributed by atoms with Gasteiger partial charge in [-0.3, -0.25) is 0 Å². The Balaban J connectivity index is 2.28. The Morgan fingerprint density at radius 1 is 1.00 bits per heavy atom. The molecule has 0 heterocycles. The van der Waals surface area contributed by atoms with E-state index >= 15 is 0 Å². The number of aromatic hydroxyl groups is 1. The van der Waals surface area contributed by atoms with Gasteiger partial charge in [-0.05, 0) is 17.7 Å². The van der Waals surface area contributed by atoms with Gasteiger partial charge in [0.25, 0.3) is 0 Å². The molecule has 0 spiro atoms. The zero-order valence-corrected chi connectivity index (χ0v) is 11.3. The monoisotopic (exact) mass is 277 g/mol. The lowest BCUT2D eigenvalue weighted by molar-refractivity contribution is 0.440. The van der Waals surface area contributed by atoms with Crippen LogP contribution in [0.25, 0.3) is 0 Å². The fraction of sp³-hybridized carbons (Fsp3) is 0.143. The van der Waals surface area contributed by atoms with E-state index in [-0.39, 0.29) is 17.2 Å². The molecule has 2 aromatic rings. The Kier molecular flexibility index (Phi) is 3.87. The minimum Gasteiger partial charge on any atom is -0.507 e. The van der Waals surface area contributed by atoms with E-state index in [1.54, 1.807) is 12.1 Å². The molecule has 5 heteroatoms. The van der Waals surface area contributed by atoms with Crippen molar-refractivity contribution in [3.8, 4) is 5.75 Å². The number of para-hydroxylation sites is 1. The van der Waals surface area contributed by atoms with Crippen LogP contribution in [0.1, 0.15) is 5.56 Å². The number of hydrogen-bond acceptors (Lipinski definition) is 3. The zero-order valence-electron chi connectivity index (χ0n) is 10.5. The smallest absolute Gasteiger partial charge is 0.246 e. The number of phenols is 1. The van der Waals surface area contributed by atoms with Crippen molar-refractivity contribution in [1.82, 2.24) is 4.31 Å². The largest absolute Gasteiger partial charge is 0.507 e. The van der Waals surface area contributed by atoms with E-state index in [9.17, 15) is 13.5 Å². The summed E-state index contributed by atoms with van der Waals surface area (Å²) in [7, 11) is -2.19. The standard InChI is InChI=1S/C14H15NO3S/c1-15(11-12-7-3-2-4-8-12)19(17,18)14-10-6-5-9-13(14)16/h2-10,16H,11H2,1H3. The molecule has 19 heavy (non-hydrogen) atoms. The van der Waals surface area contributed by atoms with Crippen LogP contribution in [-0.2, 0) is 16.6 Å². The molecule has 0 amide bonds. The van der Waals surface area contributed by atoms with Crippen LogP contribution < -0.4 is 0 Å². The van der Waals surface area contributed by atoms with Crippen molar-refractivity contribution in [3.63, 3.8) is 0 Å². The van der Waals surface area contributed by atoms with Crippen LogP contribution in [-0.4, -0.2) is 24.9 Å². The third kappa shape index (κ3) is 2.94. The van der Waals surface area contributed by atoms with E-state index in [1.807, 2.05) is 30.3 Å². The first kappa shape index (κ1) is 13.6. The van der Waals surface area contributed by atoms with Crippen LogP contribution in [0.3, 0.4) is 0 Å². The molecule has 100 valence electrons. The van der Waals surface area contributed by atoms with E-state index in [4.69, 9.17) is 0 Å². The summed E-state index contributed by atoms with van der Waals surface area (Å²) in [5.74, 6) is -0.234. The number of rotatable bonds is 4. The molecule has 0 radical (unpaired) electrons. The summed E-state index contributed by atoms with van der Waals surface area (Å²) in [4.78, 5) is -0.0755. The van der Waals surface area contributed by atoms with Crippen molar-refractivity contribution < 1.29 is 13.5 Å². The predicted octanol–water partition coefficient (Wildman–Crippen LogP) is 2.21. The van der Waals surface area contributed by atoms with Gasteiger partial charge in [0.05, 0.1) is 0 Å². The Morgan fingerprint density at radius 2 is 1.58 bits per heavy atom. The fourth-order valence-corrected chi connectivity index (χ4v) is 3.01. The molecule has 1 N–H and O–H groups in total. The van der Waals surface area contributed by atoms with Crippen molar-refractivity contribution in [2.75, 3.05) is 7.05 Å². The molecule has 0 atom stereocenters. The maximum absolute atomic E-state index is 12.3. The zero-order chi connectivity index (χ0) is 13.9. The molecule has 0 aliphatic rings. The molecular formula is C14H15NO3S. The summed E-state index contributed by atoms with van der Waals surface area (Å²) in [6.45, 7) is 0.261. The molecule has 0 aliphatic carbocycles. The number of benzene rings is 2. The van der Waals surface area contributed by atoms with Crippen LogP contribution in [0.5, 0.6) is 5.75 Å². The summed E-state index contributed by atoms with van der Waals surface area (Å²) in [5, 5.41) is 9.66. The van der Waals surface area contributed by atoms with E-state index in [0.717, 1.165) is 5.56 Å². The van der Waals surface area contributed by atoms with Gasteiger partial charge in [-0.15, -0.1) is 0 Å². The Hall–Kier alpha value is -1.85. The highest BCUT2D eigenvalue weighted by atomic mass is 32.2. The van der Waals surface area contributed by atoms with Crippen LogP contribution in [0.15, 0.2) is 59.5 Å². The molecule has 0 fully saturated rings. The molecule has 2 rings (SSSR count). The highest BCUT2D eigenvalue weighted by Crippen LogP contribution is 2.25. The van der Waals surface area contributed by atoms with Gasteiger partial charge in [0.15, 0.2) is 0 Å². The quantitative estimate of drug-likeness (QED) is 0.932. The number of phenolic OH excluding ortho intramolecular Hbond substituents is 1. The summed E-state index contributed by atoms with van der Waals surface area (Å²) in [6.07, 6.45) is 0. The molecule has 0 aromatic heterocycles. The normalized spacial score (nSPS) is 11.7. The van der Waals surface area contributed by atoms with Gasteiger partial charge in [-0.25, -0.2) is 8.42 Å². The molecule has 0 saturated carbocycles. The molecule has 0 bridgehead atoms. The molecule has 0 unspecified atom stereocenters. The number of hydrogen-bond donors (Lipinski definition) is 1. The minimum atomic E-state index is -3.68. The topological polar surface area (TPSA) is 57.6 Å². The number of nitrogens with zero attached hydrogens (tertiary/aromatic N) is 1. The van der Waals surface area contributed by atoms with Gasteiger partial charge >= 0.3 is 0 Å². The van der Waals surface area contributed by atoms with Crippen LogP contribution in [0.4, 0.5) is 0 Å². The average Bonchev–Trinajstić information content (AvgIpc) is 2.40. The summed E-state index contributed by atoms with van der Waals surface area (Å²) >= 11 is 0. The second kappa shape index (κ2) is 5.42. The first-order chi connectivity index (χ1) is 9.01. The van der Waals surface area contributed by atoms with Gasteiger partial charge in [-0.1, -0.05) is 42.5 Å². The van der Waals surface area contributed by atoms with E-state index in [2.05, 4.69) is 0 Å². The summed E-state index contributed by atoms with van der Waals surface area (Å²) in [6, 6.07) is 15.2. The van der Waals surface area contributed by atoms with Crippen molar-refractivity contribution in [2.24, 2.45) is 0 Å². The first-order valence-electron chi connectivity index (χ1n) is 5.80. The van der Waals surface area contributed by atoms with Gasteiger partial charge in [0.1, 0.15) is 10.6 Å². The van der Waals surface area contributed by atoms with Crippen molar-refractivity contribution >= 4 is 10.0 Å². The van der Waals surface area contributed by atoms with Crippen molar-refractivity contribution in [2.45, 2.75) is 11.4 Å². The lowest BCUT2D eigenvalue weighted by Crippen LogP contribution is -2.26. The predicted molar refractivity (Wildman–Crippen MR) is 73.2 cm³/mol. The highest BCUT2D eigenvalue weighted by Gasteiger charge is 2.23. The average molecular weight is 277 g/mol. The third-order valence-electron chi connectivity index (χ3n) is 2.80. The Labute approximate surface area is 113 Å². The van der Waals surface area contributed by atoms with Crippen LogP contribution in [0, 0.1) is 0 Å². The van der Waals surface area contributed by atoms with Crippen LogP contribution >= 0.6 is 0 Å². The van der Waals surface area contributed by atoms with Crippen molar-refractivity contribution in [3.05, 3.63) is 60.2 Å². The minimum absolute atomic E-state index is 0.0755. The lowest BCUT2D eigenvalue weighted by atomic mass is 10.2. The van der Waals surface area contributed by atoms with Crippen LogP contribution in [0.2, 0.25) is 0 Å².